The van der Waals surface area contributed by atoms with Crippen molar-refractivity contribution in [3.05, 3.63) is 46.9 Å². The van der Waals surface area contributed by atoms with Crippen LogP contribution in [0.5, 0.6) is 11.5 Å². The highest BCUT2D eigenvalue weighted by atomic mass is 35.5. The summed E-state index contributed by atoms with van der Waals surface area (Å²) in [6, 6.07) is 5.69. The second-order valence-electron chi connectivity index (χ2n) is 6.00. The summed E-state index contributed by atoms with van der Waals surface area (Å²) >= 11 is 6.12. The van der Waals surface area contributed by atoms with Crippen molar-refractivity contribution in [1.29, 1.82) is 0 Å². The van der Waals surface area contributed by atoms with E-state index in [9.17, 15) is 4.79 Å². The number of aromatic nitrogens is 1. The minimum absolute atomic E-state index is 0.0856. The van der Waals surface area contributed by atoms with Crippen LogP contribution in [0.3, 0.4) is 0 Å². The molecule has 0 radical (unpaired) electrons. The number of nitrogen functional groups attached to an aromatic ring is 1. The van der Waals surface area contributed by atoms with E-state index in [-0.39, 0.29) is 35.1 Å². The summed E-state index contributed by atoms with van der Waals surface area (Å²) in [5, 5.41) is 3.35. The van der Waals surface area contributed by atoms with E-state index in [0.717, 1.165) is 0 Å². The molecule has 1 unspecified atom stereocenters. The molecule has 1 heterocycles. The van der Waals surface area contributed by atoms with Crippen molar-refractivity contribution >= 4 is 23.3 Å². The monoisotopic (exact) mass is 380 g/mol. The first-order chi connectivity index (χ1) is 12.3. The molecule has 0 spiro atoms. The number of rotatable bonds is 8. The van der Waals surface area contributed by atoms with Crippen molar-refractivity contribution in [1.82, 2.24) is 10.3 Å². The summed E-state index contributed by atoms with van der Waals surface area (Å²) in [6.07, 6.45) is 2.22. The Hall–Kier alpha value is -2.38. The van der Waals surface area contributed by atoms with Crippen LogP contribution in [0.25, 0.3) is 0 Å². The minimum atomic E-state index is -0.571. The number of carbonyl (C=O) groups excluding carboxylic acids is 1. The van der Waals surface area contributed by atoms with Gasteiger partial charge in [0.05, 0.1) is 5.02 Å². The second-order valence-corrected chi connectivity index (χ2v) is 6.40. The first-order valence-corrected chi connectivity index (χ1v) is 8.61. The quantitative estimate of drug-likeness (QED) is 0.649. The molecular formula is C18H22ClFN4O2. The van der Waals surface area contributed by atoms with Gasteiger partial charge in [0.15, 0.2) is 11.6 Å². The van der Waals surface area contributed by atoms with E-state index in [1.165, 1.54) is 12.3 Å². The van der Waals surface area contributed by atoms with Gasteiger partial charge in [-0.05, 0) is 25.5 Å². The number of nitrogens with two attached hydrogens (primary N) is 2. The topological polar surface area (TPSA) is 103 Å². The molecule has 140 valence electrons. The van der Waals surface area contributed by atoms with E-state index >= 15 is 4.39 Å². The molecule has 0 fully saturated rings. The number of primary amides is 1. The molecule has 2 aromatic rings. The SMILES string of the molecule is CC[C@@H](NC(C)CC(N)=O)c1ccc(Cl)c(Oc2ccnc(N)c2)c1F. The summed E-state index contributed by atoms with van der Waals surface area (Å²) in [6.45, 7) is 3.73. The van der Waals surface area contributed by atoms with Crippen LogP contribution in [0.1, 0.15) is 38.3 Å². The fourth-order valence-corrected chi connectivity index (χ4v) is 2.84. The number of carbonyl (C=O) groups is 1. The zero-order chi connectivity index (χ0) is 19.3. The fourth-order valence-electron chi connectivity index (χ4n) is 2.65. The Kier molecular flexibility index (Phi) is 6.76. The van der Waals surface area contributed by atoms with Crippen LogP contribution in [0, 0.1) is 5.82 Å². The molecule has 1 amide bonds. The van der Waals surface area contributed by atoms with Crippen molar-refractivity contribution in [3.8, 4) is 11.5 Å². The van der Waals surface area contributed by atoms with Crippen LogP contribution < -0.4 is 21.5 Å². The van der Waals surface area contributed by atoms with Crippen molar-refractivity contribution in [2.24, 2.45) is 5.73 Å². The maximum atomic E-state index is 15.1. The number of amides is 1. The van der Waals surface area contributed by atoms with Crippen molar-refractivity contribution < 1.29 is 13.9 Å². The van der Waals surface area contributed by atoms with Crippen LogP contribution in [0.15, 0.2) is 30.5 Å². The maximum Gasteiger partial charge on any atom is 0.218 e. The van der Waals surface area contributed by atoms with Gasteiger partial charge in [0.2, 0.25) is 5.91 Å². The summed E-state index contributed by atoms with van der Waals surface area (Å²) < 4.78 is 20.7. The van der Waals surface area contributed by atoms with E-state index in [0.29, 0.717) is 17.7 Å². The predicted molar refractivity (Wildman–Crippen MR) is 99.6 cm³/mol. The normalized spacial score (nSPS) is 13.2. The molecule has 0 bridgehead atoms. The van der Waals surface area contributed by atoms with E-state index in [1.54, 1.807) is 18.2 Å². The Morgan fingerprint density at radius 3 is 2.77 bits per heavy atom. The van der Waals surface area contributed by atoms with Crippen molar-refractivity contribution in [2.75, 3.05) is 5.73 Å². The molecule has 6 nitrogen and oxygen atoms in total. The summed E-state index contributed by atoms with van der Waals surface area (Å²) in [4.78, 5) is 14.9. The number of nitrogens with zero attached hydrogens (tertiary/aromatic N) is 1. The smallest absolute Gasteiger partial charge is 0.218 e. The number of pyridine rings is 1. The molecule has 0 saturated carbocycles. The Bertz CT molecular complexity index is 788. The van der Waals surface area contributed by atoms with Gasteiger partial charge in [-0.1, -0.05) is 24.6 Å². The van der Waals surface area contributed by atoms with Gasteiger partial charge in [0, 0.05) is 36.3 Å². The molecule has 8 heteroatoms. The highest BCUT2D eigenvalue weighted by Crippen LogP contribution is 2.36. The van der Waals surface area contributed by atoms with Gasteiger partial charge < -0.3 is 21.5 Å². The highest BCUT2D eigenvalue weighted by molar-refractivity contribution is 6.32. The highest BCUT2D eigenvalue weighted by Gasteiger charge is 2.22. The van der Waals surface area contributed by atoms with Gasteiger partial charge >= 0.3 is 0 Å². The van der Waals surface area contributed by atoms with Crippen LogP contribution >= 0.6 is 11.6 Å². The van der Waals surface area contributed by atoms with E-state index in [2.05, 4.69) is 10.3 Å². The molecule has 5 N–H and O–H groups in total. The van der Waals surface area contributed by atoms with E-state index in [4.69, 9.17) is 27.8 Å². The molecule has 0 aliphatic carbocycles. The number of halogens is 2. The summed E-state index contributed by atoms with van der Waals surface area (Å²) in [7, 11) is 0. The lowest BCUT2D eigenvalue weighted by atomic mass is 10.0. The van der Waals surface area contributed by atoms with Crippen LogP contribution in [0.2, 0.25) is 5.02 Å². The van der Waals surface area contributed by atoms with Crippen LogP contribution in [0.4, 0.5) is 10.2 Å². The molecule has 0 saturated heterocycles. The lowest BCUT2D eigenvalue weighted by molar-refractivity contribution is -0.118. The molecule has 2 rings (SSSR count). The molecule has 1 aromatic heterocycles. The number of nitrogens with one attached hydrogen (secondary N) is 1. The van der Waals surface area contributed by atoms with Gasteiger partial charge in [-0.2, -0.15) is 0 Å². The molecule has 1 aromatic carbocycles. The van der Waals surface area contributed by atoms with Crippen LogP contribution in [-0.2, 0) is 4.79 Å². The standard InChI is InChI=1S/C18H22ClFN4O2/c1-3-14(24-10(2)8-16(22)25)12-4-5-13(19)18(17(12)20)26-11-6-7-23-15(21)9-11/h4-7,9-10,14,24H,3,8H2,1-2H3,(H2,21,23)(H2,22,25)/t10?,14-/m1/s1. The van der Waals surface area contributed by atoms with Gasteiger partial charge in [0.1, 0.15) is 11.6 Å². The van der Waals surface area contributed by atoms with Gasteiger partial charge in [-0.3, -0.25) is 4.79 Å². The number of benzene rings is 1. The van der Waals surface area contributed by atoms with E-state index < -0.39 is 11.7 Å². The van der Waals surface area contributed by atoms with Gasteiger partial charge in [-0.25, -0.2) is 9.37 Å². The van der Waals surface area contributed by atoms with Gasteiger partial charge in [0.25, 0.3) is 0 Å². The van der Waals surface area contributed by atoms with Crippen LogP contribution in [-0.4, -0.2) is 16.9 Å². The third-order valence-corrected chi connectivity index (χ3v) is 4.13. The first kappa shape index (κ1) is 19.9. The molecule has 0 aliphatic rings. The number of hydrogen-bond acceptors (Lipinski definition) is 5. The zero-order valence-electron chi connectivity index (χ0n) is 14.6. The molecular weight excluding hydrogens is 359 g/mol. The summed E-state index contributed by atoms with van der Waals surface area (Å²) in [5.41, 5.74) is 11.2. The second kappa shape index (κ2) is 8.82. The van der Waals surface area contributed by atoms with Gasteiger partial charge in [-0.15, -0.1) is 0 Å². The Balaban J connectivity index is 2.30. The summed E-state index contributed by atoms with van der Waals surface area (Å²) in [5.74, 6) is -0.492. The molecule has 26 heavy (non-hydrogen) atoms. The zero-order valence-corrected chi connectivity index (χ0v) is 15.4. The maximum absolute atomic E-state index is 15.1. The first-order valence-electron chi connectivity index (χ1n) is 8.23. The Labute approximate surface area is 156 Å². The largest absolute Gasteiger partial charge is 0.452 e. The van der Waals surface area contributed by atoms with Crippen molar-refractivity contribution in [3.63, 3.8) is 0 Å². The lowest BCUT2D eigenvalue weighted by Gasteiger charge is -2.23. The number of hydrogen-bond donors (Lipinski definition) is 3. The molecule has 2 atom stereocenters. The Morgan fingerprint density at radius 2 is 2.15 bits per heavy atom. The molecule has 0 aliphatic heterocycles. The Morgan fingerprint density at radius 1 is 1.42 bits per heavy atom. The fraction of sp³-hybridized carbons (Fsp3) is 0.333. The third kappa shape index (κ3) is 5.06. The predicted octanol–water partition coefficient (Wildman–Crippen LogP) is 3.55. The van der Waals surface area contributed by atoms with Crippen molar-refractivity contribution in [2.45, 2.75) is 38.8 Å². The minimum Gasteiger partial charge on any atom is -0.452 e. The van der Waals surface area contributed by atoms with E-state index in [1.807, 2.05) is 13.8 Å². The average Bonchev–Trinajstić information content (AvgIpc) is 2.56. The lowest BCUT2D eigenvalue weighted by Crippen LogP contribution is -2.34. The number of ether oxygens (including phenoxy) is 1. The third-order valence-electron chi connectivity index (χ3n) is 3.83. The average molecular weight is 381 g/mol. The number of anilines is 1.